The first-order chi connectivity index (χ1) is 8.61. The highest BCUT2D eigenvalue weighted by atomic mass is 32.2. The highest BCUT2D eigenvalue weighted by Crippen LogP contribution is 2.34. The van der Waals surface area contributed by atoms with Gasteiger partial charge in [-0.3, -0.25) is 4.90 Å². The van der Waals surface area contributed by atoms with E-state index in [1.54, 1.807) is 0 Å². The van der Waals surface area contributed by atoms with Crippen molar-refractivity contribution in [1.29, 1.82) is 0 Å². The first kappa shape index (κ1) is 14.2. The van der Waals surface area contributed by atoms with Crippen molar-refractivity contribution in [3.8, 4) is 0 Å². The molecule has 18 heavy (non-hydrogen) atoms. The van der Waals surface area contributed by atoms with Gasteiger partial charge in [0.05, 0.1) is 5.75 Å². The lowest BCUT2D eigenvalue weighted by atomic mass is 10.2. The van der Waals surface area contributed by atoms with Gasteiger partial charge in [-0.15, -0.1) is 0 Å². The molecule has 2 fully saturated rings. The van der Waals surface area contributed by atoms with Gasteiger partial charge < -0.3 is 5.32 Å². The molecule has 1 heterocycles. The van der Waals surface area contributed by atoms with E-state index in [1.165, 1.54) is 0 Å². The van der Waals surface area contributed by atoms with E-state index in [4.69, 9.17) is 0 Å². The molecule has 2 rings (SSSR count). The summed E-state index contributed by atoms with van der Waals surface area (Å²) in [6.45, 7) is 6.65. The maximum atomic E-state index is 11.9. The third-order valence-corrected chi connectivity index (χ3v) is 5.18. The van der Waals surface area contributed by atoms with Crippen LogP contribution in [0.15, 0.2) is 0 Å². The predicted octanol–water partition coefficient (Wildman–Crippen LogP) is -0.000400. The van der Waals surface area contributed by atoms with Gasteiger partial charge >= 0.3 is 0 Å². The molecule has 0 radical (unpaired) electrons. The lowest BCUT2D eigenvalue weighted by molar-refractivity contribution is 0.253. The lowest BCUT2D eigenvalue weighted by Crippen LogP contribution is -2.46. The molecular formula is C12H25N3O2S. The van der Waals surface area contributed by atoms with Crippen molar-refractivity contribution >= 4 is 10.0 Å². The van der Waals surface area contributed by atoms with E-state index in [9.17, 15) is 8.42 Å². The van der Waals surface area contributed by atoms with Crippen LogP contribution >= 0.6 is 0 Å². The summed E-state index contributed by atoms with van der Waals surface area (Å²) in [4.78, 5) is 2.21. The van der Waals surface area contributed by atoms with E-state index >= 15 is 0 Å². The summed E-state index contributed by atoms with van der Waals surface area (Å²) in [7, 11) is -3.08. The monoisotopic (exact) mass is 275 g/mol. The summed E-state index contributed by atoms with van der Waals surface area (Å²) < 4.78 is 26.7. The van der Waals surface area contributed by atoms with Crippen molar-refractivity contribution in [1.82, 2.24) is 14.9 Å². The minimum absolute atomic E-state index is 0.220. The van der Waals surface area contributed by atoms with E-state index in [0.29, 0.717) is 12.5 Å². The van der Waals surface area contributed by atoms with Gasteiger partial charge in [-0.05, 0) is 18.8 Å². The number of nitrogens with one attached hydrogen (secondary N) is 2. The molecule has 2 atom stereocenters. The highest BCUT2D eigenvalue weighted by Gasteiger charge is 2.38. The van der Waals surface area contributed by atoms with Gasteiger partial charge in [0.2, 0.25) is 10.0 Å². The number of sulfonamides is 1. The van der Waals surface area contributed by atoms with Gasteiger partial charge in [-0.2, -0.15) is 0 Å². The lowest BCUT2D eigenvalue weighted by Gasteiger charge is -2.26. The molecule has 5 nitrogen and oxygen atoms in total. The fourth-order valence-electron chi connectivity index (χ4n) is 2.56. The van der Waals surface area contributed by atoms with Gasteiger partial charge in [0.15, 0.2) is 0 Å². The number of rotatable bonds is 7. The van der Waals surface area contributed by atoms with Crippen LogP contribution in [0.4, 0.5) is 0 Å². The molecule has 2 N–H and O–H groups in total. The SMILES string of the molecule is CCCC1CC1NS(=O)(=O)CCN1CCNCC1. The third-order valence-electron chi connectivity index (χ3n) is 3.80. The zero-order valence-corrected chi connectivity index (χ0v) is 12.0. The Morgan fingerprint density at radius 1 is 1.33 bits per heavy atom. The number of hydrogen-bond acceptors (Lipinski definition) is 4. The second-order valence-electron chi connectivity index (χ2n) is 5.42. The molecule has 2 aliphatic rings. The third kappa shape index (κ3) is 4.50. The van der Waals surface area contributed by atoms with Crippen molar-refractivity contribution in [2.75, 3.05) is 38.5 Å². The fraction of sp³-hybridized carbons (Fsp3) is 1.00. The average Bonchev–Trinajstić information content (AvgIpc) is 3.06. The van der Waals surface area contributed by atoms with Crippen molar-refractivity contribution in [3.05, 3.63) is 0 Å². The Hall–Kier alpha value is -0.170. The van der Waals surface area contributed by atoms with Crippen LogP contribution < -0.4 is 10.0 Å². The molecule has 0 aromatic heterocycles. The molecule has 1 aliphatic heterocycles. The molecule has 0 aromatic rings. The Balaban J connectivity index is 1.67. The molecule has 2 unspecified atom stereocenters. The largest absolute Gasteiger partial charge is 0.314 e. The van der Waals surface area contributed by atoms with E-state index in [-0.39, 0.29) is 11.8 Å². The average molecular weight is 275 g/mol. The van der Waals surface area contributed by atoms with Gasteiger partial charge in [0.25, 0.3) is 0 Å². The Kier molecular flexibility index (Phi) is 5.00. The Morgan fingerprint density at radius 2 is 2.06 bits per heavy atom. The minimum atomic E-state index is -3.08. The predicted molar refractivity (Wildman–Crippen MR) is 73.0 cm³/mol. The van der Waals surface area contributed by atoms with Gasteiger partial charge in [-0.25, -0.2) is 13.1 Å². The van der Waals surface area contributed by atoms with Crippen molar-refractivity contribution < 1.29 is 8.42 Å². The van der Waals surface area contributed by atoms with Gasteiger partial charge in [0, 0.05) is 38.8 Å². The first-order valence-electron chi connectivity index (χ1n) is 7.04. The van der Waals surface area contributed by atoms with E-state index in [1.807, 2.05) is 0 Å². The van der Waals surface area contributed by atoms with Gasteiger partial charge in [-0.1, -0.05) is 13.3 Å². The van der Waals surface area contributed by atoms with E-state index in [0.717, 1.165) is 45.4 Å². The van der Waals surface area contributed by atoms with Crippen LogP contribution in [0.5, 0.6) is 0 Å². The van der Waals surface area contributed by atoms with Crippen LogP contribution in [0, 0.1) is 5.92 Å². The molecule has 0 aromatic carbocycles. The molecular weight excluding hydrogens is 250 g/mol. The minimum Gasteiger partial charge on any atom is -0.314 e. The first-order valence-corrected chi connectivity index (χ1v) is 8.69. The summed E-state index contributed by atoms with van der Waals surface area (Å²) >= 11 is 0. The van der Waals surface area contributed by atoms with Crippen molar-refractivity contribution in [2.24, 2.45) is 5.92 Å². The Labute approximate surface area is 110 Å². The number of nitrogens with zero attached hydrogens (tertiary/aromatic N) is 1. The normalized spacial score (nSPS) is 29.4. The van der Waals surface area contributed by atoms with Crippen LogP contribution in [0.25, 0.3) is 0 Å². The summed E-state index contributed by atoms with van der Waals surface area (Å²) in [6, 6.07) is 0.220. The second kappa shape index (κ2) is 6.32. The van der Waals surface area contributed by atoms with Crippen LogP contribution in [0.3, 0.4) is 0 Å². The van der Waals surface area contributed by atoms with Crippen LogP contribution in [-0.2, 0) is 10.0 Å². The summed E-state index contributed by atoms with van der Waals surface area (Å²) in [5.41, 5.74) is 0. The van der Waals surface area contributed by atoms with Crippen LogP contribution in [-0.4, -0.2) is 57.8 Å². The summed E-state index contributed by atoms with van der Waals surface area (Å²) in [5, 5.41) is 3.27. The molecule has 0 amide bonds. The summed E-state index contributed by atoms with van der Waals surface area (Å²) in [5.74, 6) is 0.825. The van der Waals surface area contributed by atoms with Gasteiger partial charge in [0.1, 0.15) is 0 Å². The topological polar surface area (TPSA) is 61.4 Å². The Bertz CT molecular complexity index is 352. The highest BCUT2D eigenvalue weighted by molar-refractivity contribution is 7.89. The molecule has 1 aliphatic carbocycles. The fourth-order valence-corrected chi connectivity index (χ4v) is 3.92. The molecule has 1 saturated carbocycles. The molecule has 6 heteroatoms. The van der Waals surface area contributed by atoms with Crippen molar-refractivity contribution in [3.63, 3.8) is 0 Å². The number of piperazine rings is 1. The second-order valence-corrected chi connectivity index (χ2v) is 7.29. The Morgan fingerprint density at radius 3 is 2.72 bits per heavy atom. The zero-order chi connectivity index (χ0) is 13.0. The maximum Gasteiger partial charge on any atom is 0.213 e. The van der Waals surface area contributed by atoms with Crippen molar-refractivity contribution in [2.45, 2.75) is 32.2 Å². The molecule has 0 spiro atoms. The van der Waals surface area contributed by atoms with E-state index < -0.39 is 10.0 Å². The molecule has 106 valence electrons. The van der Waals surface area contributed by atoms with Crippen LogP contribution in [0.2, 0.25) is 0 Å². The smallest absolute Gasteiger partial charge is 0.213 e. The standard InChI is InChI=1S/C12H25N3O2S/c1-2-3-11-10-12(11)14-18(16,17)9-8-15-6-4-13-5-7-15/h11-14H,2-10H2,1H3. The summed E-state index contributed by atoms with van der Waals surface area (Å²) in [6.07, 6.45) is 3.31. The van der Waals surface area contributed by atoms with Crippen LogP contribution in [0.1, 0.15) is 26.2 Å². The molecule has 1 saturated heterocycles. The maximum absolute atomic E-state index is 11.9. The quantitative estimate of drug-likeness (QED) is 0.686. The molecule has 0 bridgehead atoms. The zero-order valence-electron chi connectivity index (χ0n) is 11.2. The number of hydrogen-bond donors (Lipinski definition) is 2. The van der Waals surface area contributed by atoms with E-state index in [2.05, 4.69) is 21.9 Å².